The Morgan fingerprint density at radius 1 is 1.18 bits per heavy atom. The Bertz CT molecular complexity index is 1060. The fourth-order valence-electron chi connectivity index (χ4n) is 3.21. The first-order valence-corrected chi connectivity index (χ1v) is 9.27. The van der Waals surface area contributed by atoms with Gasteiger partial charge in [-0.25, -0.2) is 9.97 Å². The lowest BCUT2D eigenvalue weighted by molar-refractivity contribution is 0.457. The van der Waals surface area contributed by atoms with E-state index in [1.807, 2.05) is 39.0 Å². The van der Waals surface area contributed by atoms with Crippen LogP contribution in [0.25, 0.3) is 17.0 Å². The zero-order valence-corrected chi connectivity index (χ0v) is 16.3. The molecule has 0 aliphatic rings. The lowest BCUT2D eigenvalue weighted by Crippen LogP contribution is -2.05. The van der Waals surface area contributed by atoms with E-state index in [1.165, 1.54) is 0 Å². The molecule has 2 N–H and O–H groups in total. The summed E-state index contributed by atoms with van der Waals surface area (Å²) < 4.78 is 0. The molecule has 3 aromatic rings. The number of aromatic nitrogens is 3. The van der Waals surface area contributed by atoms with Crippen molar-refractivity contribution >= 4 is 29.4 Å². The molecule has 6 heteroatoms. The summed E-state index contributed by atoms with van der Waals surface area (Å²) in [6.45, 7) is 9.39. The minimum atomic E-state index is -0.0596. The van der Waals surface area contributed by atoms with Crippen LogP contribution in [0.15, 0.2) is 35.5 Å². The number of aryl methyl sites for hydroxylation is 1. The monoisotopic (exact) mass is 376 g/mol. The summed E-state index contributed by atoms with van der Waals surface area (Å²) in [5, 5.41) is 21.2. The van der Waals surface area contributed by atoms with E-state index in [1.54, 1.807) is 18.3 Å². The van der Waals surface area contributed by atoms with Crippen molar-refractivity contribution in [2.75, 3.05) is 0 Å². The highest BCUT2D eigenvalue weighted by Crippen LogP contribution is 2.32. The second-order valence-electron chi connectivity index (χ2n) is 6.74. The number of rotatable bonds is 6. The highest BCUT2D eigenvalue weighted by atomic mass is 16.3. The summed E-state index contributed by atoms with van der Waals surface area (Å²) in [5.74, 6) is 0.232. The van der Waals surface area contributed by atoms with E-state index < -0.39 is 0 Å². The van der Waals surface area contributed by atoms with Gasteiger partial charge in [0.1, 0.15) is 11.5 Å². The molecule has 0 saturated heterocycles. The Morgan fingerprint density at radius 3 is 2.64 bits per heavy atom. The molecule has 0 aliphatic carbocycles. The number of hydrogen-bond acceptors (Lipinski definition) is 6. The highest BCUT2D eigenvalue weighted by molar-refractivity contribution is 5.79. The van der Waals surface area contributed by atoms with Gasteiger partial charge in [-0.1, -0.05) is 19.9 Å². The number of aromatic hydroxyl groups is 2. The minimum Gasteiger partial charge on any atom is -0.506 e. The molecule has 0 fully saturated rings. The fourth-order valence-corrected chi connectivity index (χ4v) is 3.21. The van der Waals surface area contributed by atoms with Gasteiger partial charge in [0.15, 0.2) is 0 Å². The molecule has 3 heterocycles. The van der Waals surface area contributed by atoms with Gasteiger partial charge in [0.25, 0.3) is 0 Å². The van der Waals surface area contributed by atoms with Gasteiger partial charge in [-0.2, -0.15) is 0 Å². The van der Waals surface area contributed by atoms with Crippen molar-refractivity contribution in [3.05, 3.63) is 53.2 Å². The van der Waals surface area contributed by atoms with Crippen LogP contribution in [0.2, 0.25) is 0 Å². The van der Waals surface area contributed by atoms with Crippen molar-refractivity contribution in [2.45, 2.75) is 39.5 Å². The van der Waals surface area contributed by atoms with Crippen molar-refractivity contribution in [3.8, 4) is 11.5 Å². The Hall–Kier alpha value is -3.28. The maximum atomic E-state index is 10.4. The Kier molecular flexibility index (Phi) is 5.68. The molecule has 3 aromatic heterocycles. The lowest BCUT2D eigenvalue weighted by atomic mass is 9.98. The average molecular weight is 376 g/mol. The zero-order valence-electron chi connectivity index (χ0n) is 16.3. The summed E-state index contributed by atoms with van der Waals surface area (Å²) in [4.78, 5) is 17.5. The smallest absolute Gasteiger partial charge is 0.139 e. The summed E-state index contributed by atoms with van der Waals surface area (Å²) >= 11 is 0. The van der Waals surface area contributed by atoms with Gasteiger partial charge in [-0.05, 0) is 44.7 Å². The summed E-state index contributed by atoms with van der Waals surface area (Å²) in [6.07, 6.45) is 6.69. The van der Waals surface area contributed by atoms with Crippen LogP contribution in [0, 0.1) is 0 Å². The van der Waals surface area contributed by atoms with E-state index in [0.29, 0.717) is 35.6 Å². The van der Waals surface area contributed by atoms with E-state index in [4.69, 9.17) is 0 Å². The topological polar surface area (TPSA) is 91.5 Å². The third-order valence-electron chi connectivity index (χ3n) is 4.66. The second-order valence-corrected chi connectivity index (χ2v) is 6.74. The van der Waals surface area contributed by atoms with Gasteiger partial charge in [-0.3, -0.25) is 9.98 Å². The van der Waals surface area contributed by atoms with Gasteiger partial charge < -0.3 is 10.2 Å². The molecule has 6 nitrogen and oxygen atoms in total. The number of hydrogen-bond donors (Lipinski definition) is 2. The van der Waals surface area contributed by atoms with Crippen LogP contribution >= 0.6 is 0 Å². The van der Waals surface area contributed by atoms with Crippen LogP contribution in [0.3, 0.4) is 0 Å². The molecule has 0 radical (unpaired) electrons. The Labute approximate surface area is 164 Å². The SMILES string of the molecule is C=Nc1cc(O)c(C(C)Cc2cc3nc(CC)c(O)cc3cn2)nc1/C=C\C. The Balaban J connectivity index is 1.94. The van der Waals surface area contributed by atoms with Gasteiger partial charge in [0, 0.05) is 29.3 Å². The van der Waals surface area contributed by atoms with Crippen LogP contribution in [0.1, 0.15) is 49.5 Å². The number of allylic oxidation sites excluding steroid dienone is 1. The van der Waals surface area contributed by atoms with Gasteiger partial charge in [-0.15, -0.1) is 0 Å². The van der Waals surface area contributed by atoms with E-state index in [-0.39, 0.29) is 17.4 Å². The number of nitrogens with zero attached hydrogens (tertiary/aromatic N) is 4. The lowest BCUT2D eigenvalue weighted by Gasteiger charge is -2.14. The largest absolute Gasteiger partial charge is 0.506 e. The first-order chi connectivity index (χ1) is 13.5. The molecule has 0 spiro atoms. The molecule has 0 aliphatic heterocycles. The summed E-state index contributed by atoms with van der Waals surface area (Å²) in [5.41, 5.74) is 4.13. The molecular formula is C22H24N4O2. The molecular weight excluding hydrogens is 352 g/mol. The summed E-state index contributed by atoms with van der Waals surface area (Å²) in [7, 11) is 0. The van der Waals surface area contributed by atoms with Crippen molar-refractivity contribution < 1.29 is 10.2 Å². The van der Waals surface area contributed by atoms with Crippen LogP contribution in [-0.4, -0.2) is 31.9 Å². The zero-order chi connectivity index (χ0) is 20.3. The first kappa shape index (κ1) is 19.5. The van der Waals surface area contributed by atoms with Crippen molar-refractivity contribution in [2.24, 2.45) is 4.99 Å². The summed E-state index contributed by atoms with van der Waals surface area (Å²) in [6, 6.07) is 5.21. The minimum absolute atomic E-state index is 0.0596. The third kappa shape index (κ3) is 3.86. The van der Waals surface area contributed by atoms with Crippen LogP contribution in [-0.2, 0) is 12.8 Å². The predicted molar refractivity (Wildman–Crippen MR) is 113 cm³/mol. The molecule has 3 rings (SSSR count). The van der Waals surface area contributed by atoms with E-state index in [2.05, 4.69) is 26.7 Å². The number of aliphatic imine (C=N–C) groups is 1. The fraction of sp³-hybridized carbons (Fsp3) is 0.273. The first-order valence-electron chi connectivity index (χ1n) is 9.27. The normalized spacial score (nSPS) is 12.5. The van der Waals surface area contributed by atoms with Crippen molar-refractivity contribution in [1.29, 1.82) is 0 Å². The molecule has 1 atom stereocenters. The van der Waals surface area contributed by atoms with Gasteiger partial charge >= 0.3 is 0 Å². The second kappa shape index (κ2) is 8.17. The van der Waals surface area contributed by atoms with Crippen molar-refractivity contribution in [3.63, 3.8) is 0 Å². The van der Waals surface area contributed by atoms with Crippen LogP contribution in [0.5, 0.6) is 11.5 Å². The average Bonchev–Trinajstić information content (AvgIpc) is 2.68. The van der Waals surface area contributed by atoms with Crippen LogP contribution in [0.4, 0.5) is 5.69 Å². The molecule has 1 unspecified atom stereocenters. The van der Waals surface area contributed by atoms with Crippen molar-refractivity contribution in [1.82, 2.24) is 15.0 Å². The van der Waals surface area contributed by atoms with E-state index in [0.717, 1.165) is 16.6 Å². The number of pyridine rings is 3. The van der Waals surface area contributed by atoms with E-state index in [9.17, 15) is 10.2 Å². The quantitative estimate of drug-likeness (QED) is 0.608. The Morgan fingerprint density at radius 2 is 1.96 bits per heavy atom. The maximum absolute atomic E-state index is 10.4. The van der Waals surface area contributed by atoms with Crippen LogP contribution < -0.4 is 0 Å². The third-order valence-corrected chi connectivity index (χ3v) is 4.66. The highest BCUT2D eigenvalue weighted by Gasteiger charge is 2.17. The number of fused-ring (bicyclic) bond motifs is 1. The predicted octanol–water partition coefficient (Wildman–Crippen LogP) is 4.71. The maximum Gasteiger partial charge on any atom is 0.139 e. The van der Waals surface area contributed by atoms with Gasteiger partial charge in [0.05, 0.1) is 28.3 Å². The van der Waals surface area contributed by atoms with E-state index >= 15 is 0 Å². The molecule has 0 amide bonds. The molecule has 0 saturated carbocycles. The molecule has 28 heavy (non-hydrogen) atoms. The molecule has 0 aromatic carbocycles. The molecule has 0 bridgehead atoms. The molecule has 144 valence electrons. The van der Waals surface area contributed by atoms with Gasteiger partial charge in [0.2, 0.25) is 0 Å². The standard InChI is InChI=1S/C22H24N4O2/c1-5-7-17-19(23-4)11-21(28)22(26-17)13(3)8-15-10-18-14(12-24-15)9-20(27)16(6-2)25-18/h5,7,9-13,27-28H,4,6,8H2,1-3H3/b7-5-.